The highest BCUT2D eigenvalue weighted by molar-refractivity contribution is 6.46. The van der Waals surface area contributed by atoms with Crippen molar-refractivity contribution in [3.63, 3.8) is 0 Å². The van der Waals surface area contributed by atoms with Crippen molar-refractivity contribution >= 4 is 29.1 Å². The van der Waals surface area contributed by atoms with Gasteiger partial charge in [-0.2, -0.15) is 0 Å². The van der Waals surface area contributed by atoms with Gasteiger partial charge in [-0.1, -0.05) is 49.7 Å². The Kier molecular flexibility index (Phi) is 8.16. The standard InChI is InChI=1S/C26H31ClN2O4/c1-17(2)16-33-21-8-5-7-19(15-21)24(30)22-23(18-9-11-20(27)12-10-18)29(26(32)25(22)31)14-6-13-28(3)4/h5,7-12,15,17,23,30H,6,13-14,16H2,1-4H3/b24-22-. The molecule has 1 unspecified atom stereocenters. The molecule has 33 heavy (non-hydrogen) atoms. The van der Waals surface area contributed by atoms with E-state index in [-0.39, 0.29) is 11.3 Å². The molecule has 1 amide bonds. The van der Waals surface area contributed by atoms with Gasteiger partial charge in [0.2, 0.25) is 0 Å². The summed E-state index contributed by atoms with van der Waals surface area (Å²) in [6, 6.07) is 13.3. The van der Waals surface area contributed by atoms with E-state index in [1.807, 2.05) is 32.8 Å². The predicted molar refractivity (Wildman–Crippen MR) is 130 cm³/mol. The fourth-order valence-corrected chi connectivity index (χ4v) is 3.94. The molecule has 3 rings (SSSR count). The minimum atomic E-state index is -0.690. The van der Waals surface area contributed by atoms with Gasteiger partial charge < -0.3 is 19.6 Å². The van der Waals surface area contributed by atoms with E-state index >= 15 is 0 Å². The lowest BCUT2D eigenvalue weighted by molar-refractivity contribution is -0.139. The Morgan fingerprint density at radius 3 is 2.48 bits per heavy atom. The topological polar surface area (TPSA) is 70.1 Å². The fraction of sp³-hybridized carbons (Fsp3) is 0.385. The number of halogens is 1. The maximum Gasteiger partial charge on any atom is 0.295 e. The number of aliphatic hydroxyl groups excluding tert-OH is 1. The molecule has 2 aromatic rings. The molecule has 176 valence electrons. The molecule has 0 aromatic heterocycles. The van der Waals surface area contributed by atoms with Crippen LogP contribution >= 0.6 is 11.6 Å². The molecular formula is C26H31ClN2O4. The number of carbonyl (C=O) groups is 2. The van der Waals surface area contributed by atoms with Crippen LogP contribution in [0.3, 0.4) is 0 Å². The number of aliphatic hydroxyl groups is 1. The summed E-state index contributed by atoms with van der Waals surface area (Å²) in [4.78, 5) is 29.7. The van der Waals surface area contributed by atoms with E-state index in [0.717, 1.165) is 12.1 Å². The van der Waals surface area contributed by atoms with E-state index < -0.39 is 17.7 Å². The van der Waals surface area contributed by atoms with Crippen molar-refractivity contribution in [1.29, 1.82) is 0 Å². The zero-order valence-electron chi connectivity index (χ0n) is 19.5. The summed E-state index contributed by atoms with van der Waals surface area (Å²) in [6.45, 7) is 5.79. The van der Waals surface area contributed by atoms with Gasteiger partial charge in [-0.05, 0) is 62.8 Å². The molecule has 1 aliphatic rings. The number of Topliss-reactive ketones (excluding diaryl/α,β-unsaturated/α-hetero) is 1. The van der Waals surface area contributed by atoms with Crippen molar-refractivity contribution < 1.29 is 19.4 Å². The number of rotatable bonds is 9. The van der Waals surface area contributed by atoms with Crippen LogP contribution in [0.15, 0.2) is 54.1 Å². The summed E-state index contributed by atoms with van der Waals surface area (Å²) in [7, 11) is 3.91. The van der Waals surface area contributed by atoms with Crippen molar-refractivity contribution in [2.45, 2.75) is 26.3 Å². The summed E-state index contributed by atoms with van der Waals surface area (Å²) in [6.07, 6.45) is 0.697. The van der Waals surface area contributed by atoms with Crippen LogP contribution in [-0.2, 0) is 9.59 Å². The van der Waals surface area contributed by atoms with Crippen molar-refractivity contribution in [1.82, 2.24) is 9.80 Å². The summed E-state index contributed by atoms with van der Waals surface area (Å²) in [5, 5.41) is 11.8. The number of likely N-dealkylation sites (tertiary alicyclic amines) is 1. The van der Waals surface area contributed by atoms with E-state index in [4.69, 9.17) is 16.3 Å². The Balaban J connectivity index is 2.04. The van der Waals surface area contributed by atoms with Crippen LogP contribution in [0.4, 0.5) is 0 Å². The molecule has 2 aromatic carbocycles. The van der Waals surface area contributed by atoms with Crippen LogP contribution in [0, 0.1) is 5.92 Å². The molecule has 0 saturated carbocycles. The predicted octanol–water partition coefficient (Wildman–Crippen LogP) is 4.75. The Hall–Kier alpha value is -2.83. The number of ether oxygens (including phenoxy) is 1. The van der Waals surface area contributed by atoms with Gasteiger partial charge in [0.1, 0.15) is 11.5 Å². The highest BCUT2D eigenvalue weighted by Crippen LogP contribution is 2.40. The van der Waals surface area contributed by atoms with E-state index in [1.165, 1.54) is 0 Å². The monoisotopic (exact) mass is 470 g/mol. The quantitative estimate of drug-likeness (QED) is 0.325. The van der Waals surface area contributed by atoms with Gasteiger partial charge >= 0.3 is 0 Å². The Labute approximate surface area is 200 Å². The minimum Gasteiger partial charge on any atom is -0.507 e. The SMILES string of the molecule is CC(C)COc1cccc(/C(O)=C2/C(=O)C(=O)N(CCCN(C)C)C2c2ccc(Cl)cc2)c1. The van der Waals surface area contributed by atoms with Crippen LogP contribution in [0.2, 0.25) is 5.02 Å². The Morgan fingerprint density at radius 2 is 1.85 bits per heavy atom. The second kappa shape index (κ2) is 10.9. The molecular weight excluding hydrogens is 440 g/mol. The summed E-state index contributed by atoms with van der Waals surface area (Å²) in [5.74, 6) is -0.567. The average Bonchev–Trinajstić information content (AvgIpc) is 3.02. The van der Waals surface area contributed by atoms with E-state index in [9.17, 15) is 14.7 Å². The highest BCUT2D eigenvalue weighted by Gasteiger charge is 2.45. The summed E-state index contributed by atoms with van der Waals surface area (Å²) in [5.41, 5.74) is 1.23. The zero-order chi connectivity index (χ0) is 24.1. The van der Waals surface area contributed by atoms with Crippen LogP contribution in [0.25, 0.3) is 5.76 Å². The van der Waals surface area contributed by atoms with E-state index in [1.54, 1.807) is 53.4 Å². The molecule has 0 bridgehead atoms. The van der Waals surface area contributed by atoms with Crippen LogP contribution in [-0.4, -0.2) is 60.4 Å². The van der Waals surface area contributed by atoms with Crippen molar-refractivity contribution in [3.8, 4) is 5.75 Å². The Morgan fingerprint density at radius 1 is 1.15 bits per heavy atom. The average molecular weight is 471 g/mol. The van der Waals surface area contributed by atoms with E-state index in [2.05, 4.69) is 0 Å². The molecule has 7 heteroatoms. The third-order valence-electron chi connectivity index (χ3n) is 5.42. The zero-order valence-corrected chi connectivity index (χ0v) is 20.3. The van der Waals surface area contributed by atoms with Crippen molar-refractivity contribution in [2.24, 2.45) is 5.92 Å². The third kappa shape index (κ3) is 5.95. The van der Waals surface area contributed by atoms with Crippen molar-refractivity contribution in [2.75, 3.05) is 33.8 Å². The molecule has 0 spiro atoms. The van der Waals surface area contributed by atoms with Crippen LogP contribution < -0.4 is 4.74 Å². The van der Waals surface area contributed by atoms with Crippen LogP contribution in [0.5, 0.6) is 5.75 Å². The summed E-state index contributed by atoms with van der Waals surface area (Å²) >= 11 is 6.07. The first-order valence-electron chi connectivity index (χ1n) is 11.1. The van der Waals surface area contributed by atoms with Gasteiger partial charge in [0.05, 0.1) is 18.2 Å². The second-order valence-corrected chi connectivity index (χ2v) is 9.37. The molecule has 1 heterocycles. The number of nitrogens with zero attached hydrogens (tertiary/aromatic N) is 2. The maximum atomic E-state index is 13.1. The number of amides is 1. The normalized spacial score (nSPS) is 17.9. The highest BCUT2D eigenvalue weighted by atomic mass is 35.5. The molecule has 0 aliphatic carbocycles. The van der Waals surface area contributed by atoms with Crippen LogP contribution in [0.1, 0.15) is 37.4 Å². The molecule has 0 radical (unpaired) electrons. The van der Waals surface area contributed by atoms with Gasteiger partial charge in [0.15, 0.2) is 0 Å². The van der Waals surface area contributed by atoms with Gasteiger partial charge in [-0.15, -0.1) is 0 Å². The number of carbonyl (C=O) groups excluding carboxylic acids is 2. The molecule has 6 nitrogen and oxygen atoms in total. The molecule has 1 N–H and O–H groups in total. The smallest absolute Gasteiger partial charge is 0.295 e. The molecule has 1 fully saturated rings. The molecule has 1 atom stereocenters. The lowest BCUT2D eigenvalue weighted by atomic mass is 9.95. The largest absolute Gasteiger partial charge is 0.507 e. The molecule has 1 saturated heterocycles. The van der Waals surface area contributed by atoms with Gasteiger partial charge in [-0.3, -0.25) is 9.59 Å². The fourth-order valence-electron chi connectivity index (χ4n) is 3.81. The number of hydrogen-bond donors (Lipinski definition) is 1. The lowest BCUT2D eigenvalue weighted by Crippen LogP contribution is -2.32. The number of ketones is 1. The lowest BCUT2D eigenvalue weighted by Gasteiger charge is -2.26. The van der Waals surface area contributed by atoms with Crippen molar-refractivity contribution in [3.05, 3.63) is 70.3 Å². The second-order valence-electron chi connectivity index (χ2n) is 8.93. The van der Waals surface area contributed by atoms with Gasteiger partial charge in [-0.25, -0.2) is 0 Å². The first kappa shape index (κ1) is 24.8. The Bertz CT molecular complexity index is 1030. The van der Waals surface area contributed by atoms with Gasteiger partial charge in [0.25, 0.3) is 11.7 Å². The number of hydrogen-bond acceptors (Lipinski definition) is 5. The first-order chi connectivity index (χ1) is 15.7. The third-order valence-corrected chi connectivity index (χ3v) is 5.67. The summed E-state index contributed by atoms with van der Waals surface area (Å²) < 4.78 is 5.77. The van der Waals surface area contributed by atoms with Gasteiger partial charge in [0, 0.05) is 17.1 Å². The number of benzene rings is 2. The molecule has 1 aliphatic heterocycles. The maximum absolute atomic E-state index is 13.1. The minimum absolute atomic E-state index is 0.0770. The first-order valence-corrected chi connectivity index (χ1v) is 11.5. The van der Waals surface area contributed by atoms with E-state index in [0.29, 0.717) is 41.8 Å².